The van der Waals surface area contributed by atoms with Crippen LogP contribution < -0.4 is 10.0 Å². The number of carbonyl (C=O) groups is 2. The number of carbonyl (C=O) groups excluding carboxylic acids is 2. The molecule has 25 heavy (non-hydrogen) atoms. The number of amides is 2. The first-order valence-corrected chi connectivity index (χ1v) is 9.35. The summed E-state index contributed by atoms with van der Waals surface area (Å²) in [7, 11) is 0. The molecule has 1 aliphatic heterocycles. The predicted octanol–water partition coefficient (Wildman–Crippen LogP) is 0.471. The van der Waals surface area contributed by atoms with E-state index in [2.05, 4.69) is 10.2 Å². The normalized spacial score (nSPS) is 15.9. The minimum Gasteiger partial charge on any atom is -0.618 e. The smallest absolute Gasteiger partial charge is 0.251 e. The summed E-state index contributed by atoms with van der Waals surface area (Å²) >= 11 is 1.25. The number of rotatable bonds is 5. The molecule has 2 rings (SSSR count). The van der Waals surface area contributed by atoms with Crippen molar-refractivity contribution in [2.45, 2.75) is 31.3 Å². The maximum absolute atomic E-state index is 12.3. The summed E-state index contributed by atoms with van der Waals surface area (Å²) in [5.74, 6) is 0.274. The molecular weight excluding hydrogens is 340 g/mol. The third-order valence-electron chi connectivity index (χ3n) is 3.74. The molecule has 0 bridgehead atoms. The first-order chi connectivity index (χ1) is 11.7. The van der Waals surface area contributed by atoms with Crippen molar-refractivity contribution in [2.24, 2.45) is 0 Å². The first kappa shape index (κ1) is 19.5. The molecule has 1 aromatic heterocycles. The van der Waals surface area contributed by atoms with Gasteiger partial charge in [0.15, 0.2) is 6.20 Å². The summed E-state index contributed by atoms with van der Waals surface area (Å²) in [6.07, 6.45) is 1.42. The third kappa shape index (κ3) is 6.55. The fraction of sp³-hybridized carbons (Fsp3) is 0.588. The van der Waals surface area contributed by atoms with Gasteiger partial charge in [0.05, 0.1) is 12.3 Å². The van der Waals surface area contributed by atoms with Crippen molar-refractivity contribution in [1.82, 2.24) is 15.1 Å². The van der Waals surface area contributed by atoms with E-state index in [1.54, 1.807) is 23.1 Å². The number of nitrogens with one attached hydrogen (secondary N) is 1. The summed E-state index contributed by atoms with van der Waals surface area (Å²) in [5, 5.41) is 15.0. The van der Waals surface area contributed by atoms with Crippen molar-refractivity contribution in [3.05, 3.63) is 29.6 Å². The molecule has 138 valence electrons. The fourth-order valence-electron chi connectivity index (χ4n) is 2.57. The summed E-state index contributed by atoms with van der Waals surface area (Å²) in [6, 6.07) is 5.15. The lowest BCUT2D eigenvalue weighted by Crippen LogP contribution is -2.53. The van der Waals surface area contributed by atoms with Crippen LogP contribution in [-0.4, -0.2) is 65.6 Å². The SMILES string of the molecule is CC(C)(C)NC(=O)CN1CCN(C(=O)CSc2cccc[n+]2[O-])CC1. The highest BCUT2D eigenvalue weighted by atomic mass is 32.2. The molecule has 2 amide bonds. The van der Waals surface area contributed by atoms with Crippen LogP contribution in [0.3, 0.4) is 0 Å². The van der Waals surface area contributed by atoms with Crippen LogP contribution in [0.1, 0.15) is 20.8 Å². The summed E-state index contributed by atoms with van der Waals surface area (Å²) in [6.45, 7) is 8.80. The minimum atomic E-state index is -0.234. The molecule has 0 aromatic carbocycles. The van der Waals surface area contributed by atoms with Crippen LogP contribution in [0, 0.1) is 5.21 Å². The Labute approximate surface area is 152 Å². The highest BCUT2D eigenvalue weighted by Crippen LogP contribution is 2.14. The van der Waals surface area contributed by atoms with Gasteiger partial charge in [-0.3, -0.25) is 14.5 Å². The molecule has 0 unspecified atom stereocenters. The Morgan fingerprint density at radius 1 is 1.24 bits per heavy atom. The first-order valence-electron chi connectivity index (χ1n) is 8.37. The van der Waals surface area contributed by atoms with E-state index in [-0.39, 0.29) is 23.1 Å². The lowest BCUT2D eigenvalue weighted by Gasteiger charge is -2.34. The number of thioether (sulfide) groups is 1. The molecule has 0 radical (unpaired) electrons. The van der Waals surface area contributed by atoms with E-state index < -0.39 is 0 Å². The maximum Gasteiger partial charge on any atom is 0.251 e. The van der Waals surface area contributed by atoms with Crippen molar-refractivity contribution >= 4 is 23.6 Å². The van der Waals surface area contributed by atoms with Gasteiger partial charge in [-0.15, -0.1) is 0 Å². The molecule has 0 spiro atoms. The lowest BCUT2D eigenvalue weighted by molar-refractivity contribution is -0.645. The van der Waals surface area contributed by atoms with Gasteiger partial charge >= 0.3 is 0 Å². The predicted molar refractivity (Wildman–Crippen MR) is 97.0 cm³/mol. The zero-order valence-corrected chi connectivity index (χ0v) is 15.8. The monoisotopic (exact) mass is 366 g/mol. The Bertz CT molecular complexity index is 610. The quantitative estimate of drug-likeness (QED) is 0.466. The maximum atomic E-state index is 12.3. The van der Waals surface area contributed by atoms with Gasteiger partial charge in [-0.25, -0.2) is 0 Å². The van der Waals surface area contributed by atoms with Gasteiger partial charge < -0.3 is 15.4 Å². The van der Waals surface area contributed by atoms with E-state index >= 15 is 0 Å². The second-order valence-corrected chi connectivity index (χ2v) is 8.10. The number of hydrogen-bond donors (Lipinski definition) is 1. The summed E-state index contributed by atoms with van der Waals surface area (Å²) < 4.78 is 0.768. The van der Waals surface area contributed by atoms with Gasteiger partial charge in [0.25, 0.3) is 5.03 Å². The third-order valence-corrected chi connectivity index (χ3v) is 4.74. The van der Waals surface area contributed by atoms with Gasteiger partial charge in [0.1, 0.15) is 0 Å². The van der Waals surface area contributed by atoms with Gasteiger partial charge in [-0.1, -0.05) is 0 Å². The molecule has 0 atom stereocenters. The second-order valence-electron chi connectivity index (χ2n) is 7.11. The van der Waals surface area contributed by atoms with Crippen molar-refractivity contribution < 1.29 is 14.3 Å². The second kappa shape index (κ2) is 8.53. The zero-order valence-electron chi connectivity index (χ0n) is 15.0. The fourth-order valence-corrected chi connectivity index (χ4v) is 3.38. The molecule has 1 fully saturated rings. The largest absolute Gasteiger partial charge is 0.618 e. The number of hydrogen-bond acceptors (Lipinski definition) is 5. The number of aromatic nitrogens is 1. The summed E-state index contributed by atoms with van der Waals surface area (Å²) in [4.78, 5) is 28.1. The van der Waals surface area contributed by atoms with Gasteiger partial charge in [0, 0.05) is 43.9 Å². The minimum absolute atomic E-state index is 0.00640. The molecule has 0 saturated carbocycles. The molecule has 0 aliphatic carbocycles. The molecule has 1 aliphatic rings. The van der Waals surface area contributed by atoms with Crippen LogP contribution in [0.15, 0.2) is 29.4 Å². The van der Waals surface area contributed by atoms with Crippen LogP contribution in [0.25, 0.3) is 0 Å². The van der Waals surface area contributed by atoms with Crippen LogP contribution in [-0.2, 0) is 9.59 Å². The van der Waals surface area contributed by atoms with Gasteiger partial charge in [-0.2, -0.15) is 4.73 Å². The Morgan fingerprint density at radius 2 is 1.92 bits per heavy atom. The molecule has 1 N–H and O–H groups in total. The zero-order chi connectivity index (χ0) is 18.4. The van der Waals surface area contributed by atoms with E-state index in [0.717, 1.165) is 4.73 Å². The summed E-state index contributed by atoms with van der Waals surface area (Å²) in [5.41, 5.74) is -0.234. The van der Waals surface area contributed by atoms with Crippen LogP contribution >= 0.6 is 11.8 Å². The van der Waals surface area contributed by atoms with Crippen LogP contribution in [0.4, 0.5) is 0 Å². The highest BCUT2D eigenvalue weighted by Gasteiger charge is 2.24. The molecule has 1 aromatic rings. The Kier molecular flexibility index (Phi) is 6.66. The molecule has 8 heteroatoms. The van der Waals surface area contributed by atoms with Crippen molar-refractivity contribution in [3.63, 3.8) is 0 Å². The lowest BCUT2D eigenvalue weighted by atomic mass is 10.1. The van der Waals surface area contributed by atoms with E-state index in [1.807, 2.05) is 20.8 Å². The highest BCUT2D eigenvalue weighted by molar-refractivity contribution is 7.99. The van der Waals surface area contributed by atoms with Crippen LogP contribution in [0.5, 0.6) is 0 Å². The Morgan fingerprint density at radius 3 is 2.52 bits per heavy atom. The molecule has 1 saturated heterocycles. The topological polar surface area (TPSA) is 79.6 Å². The molecule has 2 heterocycles. The Hall–Kier alpha value is -1.80. The van der Waals surface area contributed by atoms with E-state index in [4.69, 9.17) is 0 Å². The van der Waals surface area contributed by atoms with E-state index in [9.17, 15) is 14.8 Å². The standard InChI is InChI=1S/C17H26N4O3S/c1-17(2,3)18-14(22)12-19-8-10-20(11-9-19)15(23)13-25-16-6-4-5-7-21(16)24/h4-7H,8-13H2,1-3H3,(H,18,22). The van der Waals surface area contributed by atoms with E-state index in [0.29, 0.717) is 37.7 Å². The number of pyridine rings is 1. The number of piperazine rings is 1. The van der Waals surface area contributed by atoms with E-state index in [1.165, 1.54) is 18.0 Å². The van der Waals surface area contributed by atoms with Crippen molar-refractivity contribution in [3.8, 4) is 0 Å². The Balaban J connectivity index is 1.73. The average Bonchev–Trinajstić information content (AvgIpc) is 2.52. The van der Waals surface area contributed by atoms with Gasteiger partial charge in [0.2, 0.25) is 11.8 Å². The molecule has 7 nitrogen and oxygen atoms in total. The average molecular weight is 366 g/mol. The van der Waals surface area contributed by atoms with Crippen molar-refractivity contribution in [1.29, 1.82) is 0 Å². The van der Waals surface area contributed by atoms with Crippen molar-refractivity contribution in [2.75, 3.05) is 38.5 Å². The van der Waals surface area contributed by atoms with Crippen LogP contribution in [0.2, 0.25) is 0 Å². The molecular formula is C17H26N4O3S. The number of nitrogens with zero attached hydrogens (tertiary/aromatic N) is 3. The van der Waals surface area contributed by atoms with Gasteiger partial charge in [-0.05, 0) is 38.6 Å².